The normalized spacial score (nSPS) is 17.5. The Morgan fingerprint density at radius 1 is 1.25 bits per heavy atom. The Labute approximate surface area is 159 Å². The molecular formula is C18H18F2N6O2. The zero-order chi connectivity index (χ0) is 19.7. The number of anilines is 3. The molecule has 2 aromatic rings. The van der Waals surface area contributed by atoms with Crippen LogP contribution in [-0.2, 0) is 0 Å². The molecule has 2 aromatic heterocycles. The smallest absolute Gasteiger partial charge is 0.329 e. The molecule has 1 atom stereocenters. The van der Waals surface area contributed by atoms with Gasteiger partial charge in [0, 0.05) is 19.3 Å². The molecule has 4 heterocycles. The number of pyridine rings is 2. The van der Waals surface area contributed by atoms with Crippen LogP contribution >= 0.6 is 0 Å². The molecule has 8 nitrogen and oxygen atoms in total. The minimum atomic E-state index is -2.65. The van der Waals surface area contributed by atoms with Crippen molar-refractivity contribution in [3.8, 4) is 0 Å². The summed E-state index contributed by atoms with van der Waals surface area (Å²) in [7, 11) is 0. The Hall–Kier alpha value is -3.30. The first-order valence-corrected chi connectivity index (χ1v) is 8.86. The van der Waals surface area contributed by atoms with E-state index in [-0.39, 0.29) is 11.7 Å². The van der Waals surface area contributed by atoms with E-state index in [1.807, 2.05) is 0 Å². The lowest BCUT2D eigenvalue weighted by Crippen LogP contribution is -2.48. The molecule has 0 radical (unpaired) electrons. The van der Waals surface area contributed by atoms with Gasteiger partial charge in [0.2, 0.25) is 0 Å². The molecule has 0 saturated carbocycles. The summed E-state index contributed by atoms with van der Waals surface area (Å²) in [4.78, 5) is 37.1. The Balaban J connectivity index is 1.63. The number of nitrogens with one attached hydrogen (secondary N) is 2. The number of halogens is 2. The average molecular weight is 388 g/mol. The summed E-state index contributed by atoms with van der Waals surface area (Å²) in [5.74, 6) is 0.0355. The second kappa shape index (κ2) is 7.37. The number of hydrogen-bond donors (Lipinski definition) is 2. The maximum Gasteiger partial charge on any atom is 0.329 e. The molecule has 2 aliphatic rings. The number of hydrogen-bond acceptors (Lipinski definition) is 5. The molecule has 2 bridgehead atoms. The fourth-order valence-electron chi connectivity index (χ4n) is 3.46. The first kappa shape index (κ1) is 18.1. The van der Waals surface area contributed by atoms with Gasteiger partial charge in [-0.15, -0.1) is 0 Å². The van der Waals surface area contributed by atoms with Crippen LogP contribution in [0.15, 0.2) is 36.5 Å². The van der Waals surface area contributed by atoms with Crippen molar-refractivity contribution in [1.82, 2.24) is 15.3 Å². The lowest BCUT2D eigenvalue weighted by atomic mass is 10.1. The summed E-state index contributed by atoms with van der Waals surface area (Å²) in [6.07, 6.45) is -0.316. The predicted octanol–water partition coefficient (Wildman–Crippen LogP) is 2.10. The summed E-state index contributed by atoms with van der Waals surface area (Å²) in [6, 6.07) is 7.85. The van der Waals surface area contributed by atoms with E-state index < -0.39 is 24.9 Å². The summed E-state index contributed by atoms with van der Waals surface area (Å²) in [6.45, 7) is 0.682. The Kier molecular flexibility index (Phi) is 4.76. The molecule has 0 spiro atoms. The van der Waals surface area contributed by atoms with Crippen molar-refractivity contribution >= 4 is 29.3 Å². The molecule has 1 fully saturated rings. The number of rotatable bonds is 4. The first-order valence-electron chi connectivity index (χ1n) is 8.86. The molecule has 1 unspecified atom stereocenters. The number of carbonyl (C=O) groups excluding carboxylic acids is 2. The first-order chi connectivity index (χ1) is 13.5. The second-order valence-corrected chi connectivity index (χ2v) is 6.54. The third-order valence-corrected chi connectivity index (χ3v) is 4.72. The standard InChI is InChI=1S/C18H18F2N6O2/c19-14(20)9-22-17(27)12-4-5-13-16(23-12)26(11-6-8-25(13)10-11)18(28)24-15-3-1-2-7-21-15/h1-5,7,11,14H,6,8-10H2,(H,22,27)(H,21,24,28). The van der Waals surface area contributed by atoms with Crippen LogP contribution in [0.4, 0.5) is 30.9 Å². The molecule has 0 aromatic carbocycles. The molecule has 0 aliphatic carbocycles. The fourth-order valence-corrected chi connectivity index (χ4v) is 3.46. The van der Waals surface area contributed by atoms with Gasteiger partial charge in [-0.25, -0.2) is 23.5 Å². The number of nitrogens with zero attached hydrogens (tertiary/aromatic N) is 4. The highest BCUT2D eigenvalue weighted by Crippen LogP contribution is 2.39. The van der Waals surface area contributed by atoms with Crippen LogP contribution in [0, 0.1) is 0 Å². The Morgan fingerprint density at radius 3 is 2.86 bits per heavy atom. The molecule has 28 heavy (non-hydrogen) atoms. The molecular weight excluding hydrogens is 370 g/mol. The maximum atomic E-state index is 12.9. The monoisotopic (exact) mass is 388 g/mol. The highest BCUT2D eigenvalue weighted by atomic mass is 19.3. The second-order valence-electron chi connectivity index (χ2n) is 6.54. The number of carbonyl (C=O) groups is 2. The van der Waals surface area contributed by atoms with Crippen LogP contribution in [0.3, 0.4) is 0 Å². The lowest BCUT2D eigenvalue weighted by molar-refractivity contribution is 0.0887. The van der Waals surface area contributed by atoms with Gasteiger partial charge in [-0.2, -0.15) is 0 Å². The maximum absolute atomic E-state index is 12.9. The van der Waals surface area contributed by atoms with Crippen LogP contribution in [-0.4, -0.2) is 54.0 Å². The third-order valence-electron chi connectivity index (χ3n) is 4.72. The van der Waals surface area contributed by atoms with E-state index in [2.05, 4.69) is 25.5 Å². The Bertz CT molecular complexity index is 895. The van der Waals surface area contributed by atoms with E-state index >= 15 is 0 Å². The van der Waals surface area contributed by atoms with Crippen LogP contribution in [0.25, 0.3) is 0 Å². The number of amides is 3. The van der Waals surface area contributed by atoms with Crippen molar-refractivity contribution in [3.05, 3.63) is 42.2 Å². The third kappa shape index (κ3) is 3.45. The highest BCUT2D eigenvalue weighted by molar-refractivity contribution is 6.05. The SMILES string of the molecule is O=C(NCC(F)F)c1ccc2c(n1)N(C(=O)Nc1ccccn1)C1CCN2C1. The number of aromatic nitrogens is 2. The largest absolute Gasteiger partial charge is 0.366 e. The van der Waals surface area contributed by atoms with Gasteiger partial charge in [0.15, 0.2) is 5.82 Å². The minimum absolute atomic E-state index is 0.0162. The van der Waals surface area contributed by atoms with E-state index in [0.29, 0.717) is 18.2 Å². The van der Waals surface area contributed by atoms with E-state index in [1.165, 1.54) is 11.0 Å². The van der Waals surface area contributed by atoms with Crippen molar-refractivity contribution in [2.45, 2.75) is 18.9 Å². The van der Waals surface area contributed by atoms with Gasteiger partial charge in [-0.05, 0) is 30.7 Å². The molecule has 3 amide bonds. The van der Waals surface area contributed by atoms with Gasteiger partial charge >= 0.3 is 6.03 Å². The van der Waals surface area contributed by atoms with Crippen molar-refractivity contribution in [2.24, 2.45) is 0 Å². The van der Waals surface area contributed by atoms with E-state index in [1.54, 1.807) is 30.5 Å². The van der Waals surface area contributed by atoms with Gasteiger partial charge in [-0.3, -0.25) is 15.0 Å². The van der Waals surface area contributed by atoms with Gasteiger partial charge in [-0.1, -0.05) is 6.07 Å². The predicted molar refractivity (Wildman–Crippen MR) is 98.9 cm³/mol. The van der Waals surface area contributed by atoms with Crippen LogP contribution < -0.4 is 20.4 Å². The van der Waals surface area contributed by atoms with Crippen molar-refractivity contribution in [3.63, 3.8) is 0 Å². The summed E-state index contributed by atoms with van der Waals surface area (Å²) < 4.78 is 24.7. The molecule has 1 saturated heterocycles. The minimum Gasteiger partial charge on any atom is -0.366 e. The zero-order valence-electron chi connectivity index (χ0n) is 14.8. The van der Waals surface area contributed by atoms with Crippen molar-refractivity contribution in [1.29, 1.82) is 0 Å². The summed E-state index contributed by atoms with van der Waals surface area (Å²) >= 11 is 0. The van der Waals surface area contributed by atoms with Gasteiger partial charge in [0.1, 0.15) is 11.5 Å². The summed E-state index contributed by atoms with van der Waals surface area (Å²) in [5.41, 5.74) is 0.716. The zero-order valence-corrected chi connectivity index (χ0v) is 14.8. The molecule has 4 rings (SSSR count). The number of alkyl halides is 2. The molecule has 2 aliphatic heterocycles. The van der Waals surface area contributed by atoms with E-state index in [9.17, 15) is 18.4 Å². The lowest BCUT2D eigenvalue weighted by Gasteiger charge is -2.35. The van der Waals surface area contributed by atoms with Crippen molar-refractivity contribution in [2.75, 3.05) is 34.8 Å². The van der Waals surface area contributed by atoms with E-state index in [0.717, 1.165) is 18.7 Å². The number of fused-ring (bicyclic) bond motifs is 4. The fraction of sp³-hybridized carbons (Fsp3) is 0.333. The average Bonchev–Trinajstić information content (AvgIpc) is 3.11. The highest BCUT2D eigenvalue weighted by Gasteiger charge is 2.40. The molecule has 146 valence electrons. The Morgan fingerprint density at radius 2 is 2.11 bits per heavy atom. The van der Waals surface area contributed by atoms with Gasteiger partial charge in [0.25, 0.3) is 12.3 Å². The van der Waals surface area contributed by atoms with Crippen molar-refractivity contribution < 1.29 is 18.4 Å². The molecule has 10 heteroatoms. The van der Waals surface area contributed by atoms with Crippen LogP contribution in [0.2, 0.25) is 0 Å². The molecule has 2 N–H and O–H groups in total. The number of urea groups is 1. The topological polar surface area (TPSA) is 90.5 Å². The van der Waals surface area contributed by atoms with Crippen LogP contribution in [0.1, 0.15) is 16.9 Å². The summed E-state index contributed by atoms with van der Waals surface area (Å²) in [5, 5.41) is 4.87. The van der Waals surface area contributed by atoms with Gasteiger partial charge in [0.05, 0.1) is 18.3 Å². The quantitative estimate of drug-likeness (QED) is 0.837. The van der Waals surface area contributed by atoms with Crippen LogP contribution in [0.5, 0.6) is 0 Å². The van der Waals surface area contributed by atoms with Gasteiger partial charge < -0.3 is 10.2 Å². The van der Waals surface area contributed by atoms with E-state index in [4.69, 9.17) is 0 Å².